The monoisotopic (exact) mass is 297 g/mol. The molecule has 20 heavy (non-hydrogen) atoms. The van der Waals surface area contributed by atoms with E-state index in [0.29, 0.717) is 24.7 Å². The first-order chi connectivity index (χ1) is 9.63. The summed E-state index contributed by atoms with van der Waals surface area (Å²) in [4.78, 5) is 11.8. The molecule has 3 rings (SSSR count). The van der Waals surface area contributed by atoms with Crippen LogP contribution in [-0.2, 0) is 20.1 Å². The molecule has 1 saturated heterocycles. The van der Waals surface area contributed by atoms with Gasteiger partial charge in [0.2, 0.25) is 0 Å². The molecule has 7 heteroatoms. The van der Waals surface area contributed by atoms with E-state index in [1.54, 1.807) is 0 Å². The second-order valence-corrected chi connectivity index (χ2v) is 6.99. The van der Waals surface area contributed by atoms with Crippen molar-refractivity contribution in [3.8, 4) is 0 Å². The minimum absolute atomic E-state index is 0.0757. The van der Waals surface area contributed by atoms with Crippen molar-refractivity contribution < 1.29 is 13.6 Å². The van der Waals surface area contributed by atoms with Gasteiger partial charge in [-0.3, -0.25) is 14.6 Å². The molecule has 1 aromatic carbocycles. The predicted octanol–water partition coefficient (Wildman–Crippen LogP) is 2.52. The van der Waals surface area contributed by atoms with E-state index in [4.69, 9.17) is 13.6 Å². The van der Waals surface area contributed by atoms with Crippen LogP contribution in [0.5, 0.6) is 0 Å². The molecule has 0 amide bonds. The second-order valence-electron chi connectivity index (χ2n) is 4.64. The number of hydrogen-bond donors (Lipinski definition) is 1. The third kappa shape index (κ3) is 2.40. The molecule has 0 radical (unpaired) electrons. The maximum Gasteiger partial charge on any atom is 0.418 e. The summed E-state index contributed by atoms with van der Waals surface area (Å²) in [5.74, 6) is 0. The van der Waals surface area contributed by atoms with Crippen LogP contribution < -0.4 is 5.56 Å². The number of aromatic amines is 1. The number of rotatable bonds is 5. The molecule has 6 nitrogen and oxygen atoms in total. The highest BCUT2D eigenvalue weighted by Crippen LogP contribution is 2.70. The molecule has 1 aliphatic rings. The first kappa shape index (κ1) is 13.8. The smallest absolute Gasteiger partial charge is 0.280 e. The number of hydrogen-bond acceptors (Lipinski definition) is 4. The number of nitrogens with one attached hydrogen (secondary N) is 1. The summed E-state index contributed by atoms with van der Waals surface area (Å²) < 4.78 is 18.8. The zero-order chi connectivity index (χ0) is 14.2. The van der Waals surface area contributed by atoms with E-state index in [2.05, 4.69) is 5.10 Å². The maximum atomic E-state index is 11.8. The molecule has 0 atom stereocenters. The molecule has 1 aromatic heterocycles. The van der Waals surface area contributed by atoms with Gasteiger partial charge in [0.05, 0.1) is 24.1 Å². The number of aromatic nitrogens is 2. The Bertz CT molecular complexity index is 654. The molecular formula is C13H18N2O4P+. The third-order valence-electron chi connectivity index (χ3n) is 3.22. The van der Waals surface area contributed by atoms with Crippen molar-refractivity contribution in [1.82, 2.24) is 9.78 Å². The number of para-hydroxylation sites is 1. The fraction of sp³-hybridized carbons (Fsp3) is 0.462. The average molecular weight is 297 g/mol. The summed E-state index contributed by atoms with van der Waals surface area (Å²) in [6, 6.07) is 7.51. The topological polar surface area (TPSA) is 65.5 Å². The van der Waals surface area contributed by atoms with Crippen molar-refractivity contribution in [1.29, 1.82) is 0 Å². The summed E-state index contributed by atoms with van der Waals surface area (Å²) in [6.45, 7) is 4.93. The zero-order valence-electron chi connectivity index (χ0n) is 11.5. The zero-order valence-corrected chi connectivity index (χ0v) is 12.4. The van der Waals surface area contributed by atoms with Crippen LogP contribution in [-0.4, -0.2) is 28.8 Å². The first-order valence-electron chi connectivity index (χ1n) is 6.70. The highest BCUT2D eigenvalue weighted by molar-refractivity contribution is 7.62. The van der Waals surface area contributed by atoms with E-state index < -0.39 is 7.94 Å². The van der Waals surface area contributed by atoms with Gasteiger partial charge in [0.25, 0.3) is 11.8 Å². The quantitative estimate of drug-likeness (QED) is 0.861. The van der Waals surface area contributed by atoms with Gasteiger partial charge in [-0.25, -0.2) is 0 Å². The molecule has 108 valence electrons. The molecular weight excluding hydrogens is 279 g/mol. The van der Waals surface area contributed by atoms with E-state index in [0.717, 1.165) is 5.52 Å². The van der Waals surface area contributed by atoms with Crippen molar-refractivity contribution in [2.45, 2.75) is 26.7 Å². The molecule has 1 aliphatic heterocycles. The molecule has 0 unspecified atom stereocenters. The second kappa shape index (κ2) is 5.30. The summed E-state index contributed by atoms with van der Waals surface area (Å²) in [5, 5.41) is 3.53. The Morgan fingerprint density at radius 2 is 2.15 bits per heavy atom. The van der Waals surface area contributed by atoms with Crippen molar-refractivity contribution >= 4 is 18.8 Å². The molecule has 2 aromatic rings. The van der Waals surface area contributed by atoms with Crippen molar-refractivity contribution in [2.24, 2.45) is 0 Å². The van der Waals surface area contributed by atoms with Gasteiger partial charge in [-0.15, -0.1) is 9.05 Å². The highest BCUT2D eigenvalue weighted by Gasteiger charge is 2.58. The standard InChI is InChI=1S/C13H17N2O4P/c1-3-17-20(18-10(2)19-20)9-8-15-12-7-5-4-6-11(12)13(16)14-15/h4-7,10H,3,8-9H2,1-2H3/p+1. The number of fused-ring (bicyclic) bond motifs is 1. The maximum absolute atomic E-state index is 11.8. The Hall–Kier alpha value is -1.20. The fourth-order valence-corrected chi connectivity index (χ4v) is 4.65. The van der Waals surface area contributed by atoms with Gasteiger partial charge in [0.1, 0.15) is 0 Å². The van der Waals surface area contributed by atoms with E-state index in [9.17, 15) is 4.79 Å². The summed E-state index contributed by atoms with van der Waals surface area (Å²) in [5.41, 5.74) is 0.814. The van der Waals surface area contributed by atoms with Crippen LogP contribution in [0.25, 0.3) is 10.9 Å². The highest BCUT2D eigenvalue weighted by atomic mass is 31.2. The van der Waals surface area contributed by atoms with Crippen LogP contribution in [0.3, 0.4) is 0 Å². The SMILES string of the molecule is CCO[P+]1(CCn2[nH]c(=O)c3ccccc32)OC(C)O1. The number of nitrogens with zero attached hydrogens (tertiary/aromatic N) is 1. The lowest BCUT2D eigenvalue weighted by Gasteiger charge is -2.32. The molecule has 1 N–H and O–H groups in total. The Labute approximate surface area is 117 Å². The average Bonchev–Trinajstić information content (AvgIpc) is 2.73. The van der Waals surface area contributed by atoms with E-state index in [-0.39, 0.29) is 11.8 Å². The first-order valence-corrected chi connectivity index (χ1v) is 8.43. The van der Waals surface area contributed by atoms with E-state index in [1.165, 1.54) is 0 Å². The fourth-order valence-electron chi connectivity index (χ4n) is 2.43. The van der Waals surface area contributed by atoms with E-state index >= 15 is 0 Å². The van der Waals surface area contributed by atoms with Gasteiger partial charge in [0.15, 0.2) is 6.16 Å². The molecule has 0 aliphatic carbocycles. The summed E-state index contributed by atoms with van der Waals surface area (Å²) in [7, 11) is -2.20. The van der Waals surface area contributed by atoms with Crippen molar-refractivity contribution in [3.05, 3.63) is 34.6 Å². The van der Waals surface area contributed by atoms with Gasteiger partial charge in [-0.2, -0.15) is 4.52 Å². The lowest BCUT2D eigenvalue weighted by molar-refractivity contribution is -0.104. The molecule has 0 saturated carbocycles. The molecule has 0 bridgehead atoms. The third-order valence-corrected chi connectivity index (χ3v) is 5.85. The van der Waals surface area contributed by atoms with Crippen molar-refractivity contribution in [3.63, 3.8) is 0 Å². The normalized spacial score (nSPS) is 25.8. The van der Waals surface area contributed by atoms with E-state index in [1.807, 2.05) is 42.8 Å². The summed E-state index contributed by atoms with van der Waals surface area (Å²) >= 11 is 0. The van der Waals surface area contributed by atoms with Gasteiger partial charge in [-0.1, -0.05) is 12.1 Å². The largest absolute Gasteiger partial charge is 0.418 e. The van der Waals surface area contributed by atoms with Gasteiger partial charge in [0, 0.05) is 0 Å². The molecule has 2 heterocycles. The van der Waals surface area contributed by atoms with Crippen LogP contribution in [0.4, 0.5) is 0 Å². The Balaban J connectivity index is 1.78. The lowest BCUT2D eigenvalue weighted by Crippen LogP contribution is -2.31. The van der Waals surface area contributed by atoms with Crippen LogP contribution in [0, 0.1) is 0 Å². The Morgan fingerprint density at radius 1 is 1.40 bits per heavy atom. The van der Waals surface area contributed by atoms with Crippen LogP contribution in [0.1, 0.15) is 13.8 Å². The van der Waals surface area contributed by atoms with Crippen LogP contribution in [0.15, 0.2) is 29.1 Å². The molecule has 0 spiro atoms. The minimum Gasteiger partial charge on any atom is -0.280 e. The lowest BCUT2D eigenvalue weighted by atomic mass is 10.2. The van der Waals surface area contributed by atoms with Crippen LogP contribution >= 0.6 is 7.94 Å². The Kier molecular flexibility index (Phi) is 3.65. The number of benzene rings is 1. The minimum atomic E-state index is -2.20. The summed E-state index contributed by atoms with van der Waals surface area (Å²) in [6.07, 6.45) is 0.426. The van der Waals surface area contributed by atoms with Gasteiger partial charge in [-0.05, 0) is 26.0 Å². The van der Waals surface area contributed by atoms with Crippen molar-refractivity contribution in [2.75, 3.05) is 12.8 Å². The Morgan fingerprint density at radius 3 is 2.85 bits per heavy atom. The number of H-pyrrole nitrogens is 1. The van der Waals surface area contributed by atoms with Gasteiger partial charge >= 0.3 is 7.94 Å². The number of aryl methyl sites for hydroxylation is 1. The molecule has 1 fully saturated rings. The van der Waals surface area contributed by atoms with Crippen LogP contribution in [0.2, 0.25) is 0 Å². The predicted molar refractivity (Wildman–Crippen MR) is 77.6 cm³/mol. The van der Waals surface area contributed by atoms with Gasteiger partial charge < -0.3 is 0 Å².